The molecule has 0 aliphatic heterocycles. The van der Waals surface area contributed by atoms with Crippen molar-refractivity contribution in [2.45, 2.75) is 26.3 Å². The molecule has 2 aromatic heterocycles. The summed E-state index contributed by atoms with van der Waals surface area (Å²) in [7, 11) is 1.74. The molecule has 0 unspecified atom stereocenters. The van der Waals surface area contributed by atoms with Crippen LogP contribution in [0.3, 0.4) is 0 Å². The molecule has 28 heavy (non-hydrogen) atoms. The van der Waals surface area contributed by atoms with Crippen molar-refractivity contribution in [1.82, 2.24) is 20.1 Å². The normalized spacial score (nSPS) is 13.5. The van der Waals surface area contributed by atoms with Crippen LogP contribution in [0.5, 0.6) is 5.75 Å². The van der Waals surface area contributed by atoms with Gasteiger partial charge in [-0.3, -0.25) is 19.7 Å². The third-order valence-electron chi connectivity index (χ3n) is 4.93. The Morgan fingerprint density at radius 3 is 2.82 bits per heavy atom. The van der Waals surface area contributed by atoms with Gasteiger partial charge < -0.3 is 9.64 Å². The molecule has 1 aromatic carbocycles. The van der Waals surface area contributed by atoms with Crippen LogP contribution < -0.4 is 4.74 Å². The highest BCUT2D eigenvalue weighted by molar-refractivity contribution is 6.03. The summed E-state index contributed by atoms with van der Waals surface area (Å²) in [6.45, 7) is 2.69. The van der Waals surface area contributed by atoms with Crippen molar-refractivity contribution in [3.05, 3.63) is 53.5 Å². The lowest BCUT2D eigenvalue weighted by Gasteiger charge is -2.19. The van der Waals surface area contributed by atoms with Crippen molar-refractivity contribution in [2.75, 3.05) is 13.7 Å². The zero-order valence-corrected chi connectivity index (χ0v) is 15.9. The summed E-state index contributed by atoms with van der Waals surface area (Å²) in [5.41, 5.74) is 2.81. The molecule has 1 N–H and O–H groups in total. The lowest BCUT2D eigenvalue weighted by atomic mass is 10.0. The third kappa shape index (κ3) is 3.47. The Bertz CT molecular complexity index is 1040. The molecule has 144 valence electrons. The number of benzene rings is 1. The molecule has 1 amide bonds. The molecule has 4 rings (SSSR count). The van der Waals surface area contributed by atoms with Gasteiger partial charge in [0.25, 0.3) is 5.91 Å². The number of hydrogen-bond acceptors (Lipinski definition) is 5. The van der Waals surface area contributed by atoms with Crippen molar-refractivity contribution in [3.63, 3.8) is 0 Å². The Labute approximate surface area is 162 Å². The van der Waals surface area contributed by atoms with Crippen molar-refractivity contribution >= 4 is 22.6 Å². The van der Waals surface area contributed by atoms with Crippen LogP contribution in [0.25, 0.3) is 10.9 Å². The molecule has 0 atom stereocenters. The molecule has 0 saturated heterocycles. The molecule has 2 heterocycles. The number of nitrogens with zero attached hydrogens (tertiary/aromatic N) is 3. The minimum absolute atomic E-state index is 0.103. The fraction of sp³-hybridized carbons (Fsp3) is 0.333. The molecule has 1 fully saturated rings. The predicted octanol–water partition coefficient (Wildman–Crippen LogP) is 3.22. The minimum Gasteiger partial charge on any atom is -0.493 e. The average molecular weight is 378 g/mol. The van der Waals surface area contributed by atoms with Crippen molar-refractivity contribution < 1.29 is 14.3 Å². The first-order valence-electron chi connectivity index (χ1n) is 9.41. The summed E-state index contributed by atoms with van der Waals surface area (Å²) in [5.74, 6) is 0.539. The van der Waals surface area contributed by atoms with E-state index in [1.54, 1.807) is 48.7 Å². The highest BCUT2D eigenvalue weighted by Crippen LogP contribution is 2.35. The van der Waals surface area contributed by atoms with Gasteiger partial charge in [0.2, 0.25) is 0 Å². The standard InChI is InChI=1S/C21H22N4O3/c1-3-28-18-8-14(6-7-17(18)20(26)13-4-5-13)21(27)25(2)12-16-10-22-9-15-11-23-24-19(15)16/h6-11,13H,3-5,12H2,1-2H3,(H,23,24). The number of carbonyl (C=O) groups is 2. The second-order valence-electron chi connectivity index (χ2n) is 7.08. The van der Waals surface area contributed by atoms with Gasteiger partial charge >= 0.3 is 0 Å². The Balaban J connectivity index is 1.57. The van der Waals surface area contributed by atoms with Crippen LogP contribution in [-0.2, 0) is 6.54 Å². The first-order chi connectivity index (χ1) is 13.6. The summed E-state index contributed by atoms with van der Waals surface area (Å²) in [5, 5.41) is 7.88. The first-order valence-corrected chi connectivity index (χ1v) is 9.41. The van der Waals surface area contributed by atoms with E-state index in [-0.39, 0.29) is 17.6 Å². The van der Waals surface area contributed by atoms with Crippen molar-refractivity contribution in [3.8, 4) is 5.75 Å². The van der Waals surface area contributed by atoms with E-state index in [0.29, 0.717) is 30.0 Å². The van der Waals surface area contributed by atoms with Gasteiger partial charge in [0.05, 0.1) is 23.9 Å². The number of hydrogen-bond donors (Lipinski definition) is 1. The number of aromatic amines is 1. The number of fused-ring (bicyclic) bond motifs is 1. The number of amides is 1. The number of carbonyl (C=O) groups excluding carboxylic acids is 2. The largest absolute Gasteiger partial charge is 0.493 e. The number of aromatic nitrogens is 3. The highest BCUT2D eigenvalue weighted by Gasteiger charge is 2.32. The van der Waals surface area contributed by atoms with Gasteiger partial charge in [-0.25, -0.2) is 0 Å². The van der Waals surface area contributed by atoms with Crippen molar-refractivity contribution in [1.29, 1.82) is 0 Å². The lowest BCUT2D eigenvalue weighted by molar-refractivity contribution is 0.0784. The zero-order valence-electron chi connectivity index (χ0n) is 15.9. The van der Waals surface area contributed by atoms with E-state index in [2.05, 4.69) is 15.2 Å². The van der Waals surface area contributed by atoms with Crippen molar-refractivity contribution in [2.24, 2.45) is 5.92 Å². The number of pyridine rings is 1. The van der Waals surface area contributed by atoms with Gasteiger partial charge in [-0.1, -0.05) is 0 Å². The van der Waals surface area contributed by atoms with E-state index in [1.807, 2.05) is 6.92 Å². The molecule has 7 nitrogen and oxygen atoms in total. The van der Waals surface area contributed by atoms with Crippen LogP contribution in [0.1, 0.15) is 46.0 Å². The van der Waals surface area contributed by atoms with E-state index in [0.717, 1.165) is 29.3 Å². The molecular weight excluding hydrogens is 356 g/mol. The molecule has 1 saturated carbocycles. The van der Waals surface area contributed by atoms with Gasteiger partial charge in [-0.05, 0) is 38.0 Å². The van der Waals surface area contributed by atoms with Crippen LogP contribution in [0.2, 0.25) is 0 Å². The number of rotatable bonds is 7. The maximum Gasteiger partial charge on any atom is 0.254 e. The smallest absolute Gasteiger partial charge is 0.254 e. The fourth-order valence-corrected chi connectivity index (χ4v) is 3.29. The Morgan fingerprint density at radius 2 is 2.07 bits per heavy atom. The van der Waals surface area contributed by atoms with E-state index in [1.165, 1.54) is 0 Å². The van der Waals surface area contributed by atoms with Gasteiger partial charge in [0.15, 0.2) is 5.78 Å². The second-order valence-corrected chi connectivity index (χ2v) is 7.08. The topological polar surface area (TPSA) is 88.2 Å². The quantitative estimate of drug-likeness (QED) is 0.638. The van der Waals surface area contributed by atoms with E-state index in [9.17, 15) is 9.59 Å². The van der Waals surface area contributed by atoms with Crippen LogP contribution in [0.15, 0.2) is 36.8 Å². The van der Waals surface area contributed by atoms with Crippen LogP contribution in [0, 0.1) is 5.92 Å². The van der Waals surface area contributed by atoms with E-state index < -0.39 is 0 Å². The molecular formula is C21H22N4O3. The maximum atomic E-state index is 12.9. The zero-order chi connectivity index (χ0) is 19.7. The van der Waals surface area contributed by atoms with Gasteiger partial charge in [-0.15, -0.1) is 0 Å². The molecule has 7 heteroatoms. The van der Waals surface area contributed by atoms with Crippen LogP contribution in [0.4, 0.5) is 0 Å². The number of H-pyrrole nitrogens is 1. The molecule has 1 aliphatic rings. The summed E-state index contributed by atoms with van der Waals surface area (Å²) in [6, 6.07) is 5.09. The Morgan fingerprint density at radius 1 is 1.25 bits per heavy atom. The van der Waals surface area contributed by atoms with E-state index >= 15 is 0 Å². The van der Waals surface area contributed by atoms with Crippen LogP contribution in [-0.4, -0.2) is 45.4 Å². The molecule has 0 spiro atoms. The Kier molecular flexibility index (Phi) is 4.81. The summed E-state index contributed by atoms with van der Waals surface area (Å²) in [6.07, 6.45) is 7.03. The first kappa shape index (κ1) is 18.2. The number of ketones is 1. The van der Waals surface area contributed by atoms with Crippen LogP contribution >= 0.6 is 0 Å². The summed E-state index contributed by atoms with van der Waals surface area (Å²) < 4.78 is 5.66. The summed E-state index contributed by atoms with van der Waals surface area (Å²) in [4.78, 5) is 31.2. The van der Waals surface area contributed by atoms with Gasteiger partial charge in [-0.2, -0.15) is 5.10 Å². The molecule has 3 aromatic rings. The maximum absolute atomic E-state index is 12.9. The monoisotopic (exact) mass is 378 g/mol. The fourth-order valence-electron chi connectivity index (χ4n) is 3.29. The summed E-state index contributed by atoms with van der Waals surface area (Å²) >= 11 is 0. The lowest BCUT2D eigenvalue weighted by Crippen LogP contribution is -2.26. The number of Topliss-reactive ketones (excluding diaryl/α,β-unsaturated/α-hetero) is 1. The molecule has 1 aliphatic carbocycles. The minimum atomic E-state index is -0.150. The Hall–Kier alpha value is -3.22. The SMILES string of the molecule is CCOc1cc(C(=O)N(C)Cc2cncc3cn[nH]c23)ccc1C(=O)C1CC1. The van der Waals surface area contributed by atoms with Gasteiger partial charge in [0, 0.05) is 48.4 Å². The van der Waals surface area contributed by atoms with Gasteiger partial charge in [0.1, 0.15) is 5.75 Å². The highest BCUT2D eigenvalue weighted by atomic mass is 16.5. The average Bonchev–Trinajstić information content (AvgIpc) is 3.44. The third-order valence-corrected chi connectivity index (χ3v) is 4.93. The predicted molar refractivity (Wildman–Crippen MR) is 104 cm³/mol. The second kappa shape index (κ2) is 7.42. The van der Waals surface area contributed by atoms with E-state index in [4.69, 9.17) is 4.74 Å². The molecule has 0 bridgehead atoms. The molecule has 0 radical (unpaired) electrons. The number of ether oxygens (including phenoxy) is 1. The number of nitrogens with one attached hydrogen (secondary N) is 1.